The molecule has 1 aromatic carbocycles. The van der Waals surface area contributed by atoms with Gasteiger partial charge in [0.25, 0.3) is 0 Å². The smallest absolute Gasteiger partial charge is 0.190 e. The maximum atomic E-state index is 11.8. The average Bonchev–Trinajstić information content (AvgIpc) is 2.70. The second-order valence-electron chi connectivity index (χ2n) is 3.40. The lowest BCUT2D eigenvalue weighted by Crippen LogP contribution is -2.12. The van der Waals surface area contributed by atoms with Gasteiger partial charge in [-0.3, -0.25) is 4.79 Å². The van der Waals surface area contributed by atoms with E-state index >= 15 is 0 Å². The summed E-state index contributed by atoms with van der Waals surface area (Å²) in [7, 11) is 0. The molecule has 1 fully saturated rings. The SMILES string of the molecule is O=C(C=C1NCCN1)c1ccc(Cl)cc1Cl. The van der Waals surface area contributed by atoms with E-state index in [1.165, 1.54) is 6.08 Å². The second kappa shape index (κ2) is 4.76. The normalized spacial score (nSPS) is 14.2. The fourth-order valence-electron chi connectivity index (χ4n) is 1.46. The first-order valence-electron chi connectivity index (χ1n) is 4.85. The van der Waals surface area contributed by atoms with Crippen LogP contribution in [0.2, 0.25) is 10.0 Å². The molecule has 1 aliphatic rings. The summed E-state index contributed by atoms with van der Waals surface area (Å²) >= 11 is 11.7. The van der Waals surface area contributed by atoms with Gasteiger partial charge in [0, 0.05) is 29.8 Å². The minimum Gasteiger partial charge on any atom is -0.370 e. The number of ketones is 1. The van der Waals surface area contributed by atoms with Crippen LogP contribution in [0.3, 0.4) is 0 Å². The Kier molecular flexibility index (Phi) is 3.36. The summed E-state index contributed by atoms with van der Waals surface area (Å²) in [5.41, 5.74) is 0.453. The maximum absolute atomic E-state index is 11.8. The zero-order chi connectivity index (χ0) is 11.5. The van der Waals surface area contributed by atoms with Gasteiger partial charge >= 0.3 is 0 Å². The van der Waals surface area contributed by atoms with Crippen molar-refractivity contribution in [3.63, 3.8) is 0 Å². The molecule has 2 N–H and O–H groups in total. The second-order valence-corrected chi connectivity index (χ2v) is 4.24. The van der Waals surface area contributed by atoms with Gasteiger partial charge in [0.05, 0.1) is 5.02 Å². The number of benzene rings is 1. The molecule has 0 radical (unpaired) electrons. The Balaban J connectivity index is 2.23. The van der Waals surface area contributed by atoms with E-state index in [4.69, 9.17) is 23.2 Å². The molecule has 0 amide bonds. The monoisotopic (exact) mass is 256 g/mol. The quantitative estimate of drug-likeness (QED) is 0.630. The zero-order valence-electron chi connectivity index (χ0n) is 8.39. The van der Waals surface area contributed by atoms with Crippen LogP contribution in [-0.2, 0) is 0 Å². The highest BCUT2D eigenvalue weighted by molar-refractivity contribution is 6.37. The van der Waals surface area contributed by atoms with Crippen LogP contribution in [0.25, 0.3) is 0 Å². The summed E-state index contributed by atoms with van der Waals surface area (Å²) < 4.78 is 0. The van der Waals surface area contributed by atoms with Crippen LogP contribution < -0.4 is 10.6 Å². The molecule has 0 spiro atoms. The van der Waals surface area contributed by atoms with Gasteiger partial charge in [-0.2, -0.15) is 0 Å². The van der Waals surface area contributed by atoms with Crippen molar-refractivity contribution in [1.82, 2.24) is 10.6 Å². The van der Waals surface area contributed by atoms with Crippen molar-refractivity contribution < 1.29 is 4.79 Å². The third-order valence-corrected chi connectivity index (χ3v) is 2.78. The van der Waals surface area contributed by atoms with E-state index in [9.17, 15) is 4.79 Å². The Morgan fingerprint density at radius 3 is 2.56 bits per heavy atom. The van der Waals surface area contributed by atoms with Gasteiger partial charge in [0.15, 0.2) is 5.78 Å². The number of allylic oxidation sites excluding steroid dienone is 1. The Bertz CT molecular complexity index is 449. The molecule has 1 heterocycles. The third kappa shape index (κ3) is 2.49. The van der Waals surface area contributed by atoms with E-state index in [1.54, 1.807) is 18.2 Å². The van der Waals surface area contributed by atoms with Gasteiger partial charge in [0.2, 0.25) is 0 Å². The number of halogens is 2. The number of carbonyl (C=O) groups is 1. The molecule has 3 nitrogen and oxygen atoms in total. The summed E-state index contributed by atoms with van der Waals surface area (Å²) in [6, 6.07) is 4.83. The minimum absolute atomic E-state index is 0.140. The van der Waals surface area contributed by atoms with Crippen LogP contribution in [0.5, 0.6) is 0 Å². The van der Waals surface area contributed by atoms with Crippen molar-refractivity contribution in [3.05, 3.63) is 45.7 Å². The summed E-state index contributed by atoms with van der Waals surface area (Å²) in [6.45, 7) is 1.65. The number of hydrogen-bond acceptors (Lipinski definition) is 3. The highest BCUT2D eigenvalue weighted by atomic mass is 35.5. The van der Waals surface area contributed by atoms with Crippen LogP contribution >= 0.6 is 23.2 Å². The molecule has 0 atom stereocenters. The van der Waals surface area contributed by atoms with E-state index in [2.05, 4.69) is 10.6 Å². The summed E-state index contributed by atoms with van der Waals surface area (Å²) in [5, 5.41) is 6.98. The molecule has 1 aromatic rings. The summed E-state index contributed by atoms with van der Waals surface area (Å²) in [6.07, 6.45) is 1.50. The van der Waals surface area contributed by atoms with Crippen molar-refractivity contribution >= 4 is 29.0 Å². The molecule has 16 heavy (non-hydrogen) atoms. The molecule has 84 valence electrons. The van der Waals surface area contributed by atoms with Crippen LogP contribution in [0.1, 0.15) is 10.4 Å². The first kappa shape index (κ1) is 11.3. The van der Waals surface area contributed by atoms with E-state index in [0.29, 0.717) is 15.6 Å². The van der Waals surface area contributed by atoms with Crippen LogP contribution in [0, 0.1) is 0 Å². The fraction of sp³-hybridized carbons (Fsp3) is 0.182. The summed E-state index contributed by atoms with van der Waals surface area (Å²) in [4.78, 5) is 11.8. The largest absolute Gasteiger partial charge is 0.370 e. The molecule has 1 aliphatic heterocycles. The minimum atomic E-state index is -0.140. The van der Waals surface area contributed by atoms with E-state index in [0.717, 1.165) is 18.9 Å². The number of rotatable bonds is 2. The molecule has 2 rings (SSSR count). The first-order chi connectivity index (χ1) is 7.66. The molecule has 0 bridgehead atoms. The first-order valence-corrected chi connectivity index (χ1v) is 5.61. The van der Waals surface area contributed by atoms with Crippen LogP contribution in [0.4, 0.5) is 0 Å². The van der Waals surface area contributed by atoms with Gasteiger partial charge in [-0.25, -0.2) is 0 Å². The van der Waals surface area contributed by atoms with Gasteiger partial charge in [-0.1, -0.05) is 23.2 Å². The van der Waals surface area contributed by atoms with Gasteiger partial charge < -0.3 is 10.6 Å². The molecule has 0 saturated carbocycles. The topological polar surface area (TPSA) is 41.1 Å². The average molecular weight is 257 g/mol. The lowest BCUT2D eigenvalue weighted by molar-refractivity contribution is 0.104. The molecular weight excluding hydrogens is 247 g/mol. The number of hydrogen-bond donors (Lipinski definition) is 2. The number of nitrogens with one attached hydrogen (secondary N) is 2. The van der Waals surface area contributed by atoms with Gasteiger partial charge in [-0.15, -0.1) is 0 Å². The molecular formula is C11H10Cl2N2O. The van der Waals surface area contributed by atoms with Gasteiger partial charge in [-0.05, 0) is 18.2 Å². The van der Waals surface area contributed by atoms with Crippen molar-refractivity contribution in [1.29, 1.82) is 0 Å². The standard InChI is InChI=1S/C11H10Cl2N2O/c12-7-1-2-8(9(13)5-7)10(16)6-11-14-3-4-15-11/h1-2,5-6,14-15H,3-4H2. The third-order valence-electron chi connectivity index (χ3n) is 2.23. The van der Waals surface area contributed by atoms with Crippen LogP contribution in [0.15, 0.2) is 30.1 Å². The molecule has 0 aliphatic carbocycles. The van der Waals surface area contributed by atoms with E-state index < -0.39 is 0 Å². The Labute approximate surface area is 103 Å². The Hall–Kier alpha value is -1.19. The van der Waals surface area contributed by atoms with E-state index in [-0.39, 0.29) is 5.78 Å². The van der Waals surface area contributed by atoms with E-state index in [1.807, 2.05) is 0 Å². The van der Waals surface area contributed by atoms with Crippen molar-refractivity contribution in [3.8, 4) is 0 Å². The lowest BCUT2D eigenvalue weighted by atomic mass is 10.1. The lowest BCUT2D eigenvalue weighted by Gasteiger charge is -2.02. The number of carbonyl (C=O) groups excluding carboxylic acids is 1. The summed E-state index contributed by atoms with van der Waals surface area (Å²) in [5.74, 6) is 0.592. The van der Waals surface area contributed by atoms with Crippen molar-refractivity contribution in [2.75, 3.05) is 13.1 Å². The molecule has 1 saturated heterocycles. The predicted molar refractivity (Wildman–Crippen MR) is 64.9 cm³/mol. The highest BCUT2D eigenvalue weighted by Crippen LogP contribution is 2.21. The predicted octanol–water partition coefficient (Wildman–Crippen LogP) is 2.21. The fourth-order valence-corrected chi connectivity index (χ4v) is 1.96. The molecule has 0 unspecified atom stereocenters. The zero-order valence-corrected chi connectivity index (χ0v) is 9.90. The molecule has 5 heteroatoms. The Morgan fingerprint density at radius 1 is 1.25 bits per heavy atom. The van der Waals surface area contributed by atoms with Crippen molar-refractivity contribution in [2.45, 2.75) is 0 Å². The van der Waals surface area contributed by atoms with Gasteiger partial charge in [0.1, 0.15) is 5.82 Å². The van der Waals surface area contributed by atoms with Crippen molar-refractivity contribution in [2.24, 2.45) is 0 Å². The Morgan fingerprint density at radius 2 is 1.94 bits per heavy atom. The highest BCUT2D eigenvalue weighted by Gasteiger charge is 2.11. The maximum Gasteiger partial charge on any atom is 0.190 e. The van der Waals surface area contributed by atoms with Crippen LogP contribution in [-0.4, -0.2) is 18.9 Å². The molecule has 0 aromatic heterocycles.